The summed E-state index contributed by atoms with van der Waals surface area (Å²) < 4.78 is 39.4. The Morgan fingerprint density at radius 1 is 1.19 bits per heavy atom. The number of benzene rings is 1. The Labute approximate surface area is 128 Å². The summed E-state index contributed by atoms with van der Waals surface area (Å²) in [6.07, 6.45) is -1.94. The molecule has 1 aromatic carbocycles. The fourth-order valence-electron chi connectivity index (χ4n) is 1.97. The minimum atomic E-state index is -2.46. The number of methoxy groups -OCH3 is 2. The van der Waals surface area contributed by atoms with Crippen molar-refractivity contribution in [3.05, 3.63) is 22.7 Å². The lowest BCUT2D eigenvalue weighted by atomic mass is 10.0. The Bertz CT molecular complexity index is 446. The number of rotatable bonds is 9. The summed E-state index contributed by atoms with van der Waals surface area (Å²) in [4.78, 5) is 0. The van der Waals surface area contributed by atoms with Crippen molar-refractivity contribution in [3.8, 4) is 11.5 Å². The Balaban J connectivity index is 2.80. The van der Waals surface area contributed by atoms with Crippen molar-refractivity contribution in [3.63, 3.8) is 0 Å². The number of alkyl halides is 2. The van der Waals surface area contributed by atoms with Crippen molar-refractivity contribution in [2.75, 3.05) is 34.5 Å². The van der Waals surface area contributed by atoms with Gasteiger partial charge in [-0.1, -0.05) is 11.6 Å². The van der Waals surface area contributed by atoms with Gasteiger partial charge in [-0.25, -0.2) is 8.78 Å². The highest BCUT2D eigenvalue weighted by molar-refractivity contribution is 6.31. The highest BCUT2D eigenvalue weighted by atomic mass is 35.5. The maximum atomic E-state index is 12.0. The van der Waals surface area contributed by atoms with Crippen LogP contribution < -0.4 is 14.8 Å². The molecule has 0 aromatic heterocycles. The van der Waals surface area contributed by atoms with Crippen molar-refractivity contribution >= 4 is 11.6 Å². The zero-order valence-corrected chi connectivity index (χ0v) is 13.0. The molecule has 0 spiro atoms. The molecule has 0 radical (unpaired) electrons. The largest absolute Gasteiger partial charge is 0.493 e. The van der Waals surface area contributed by atoms with E-state index >= 15 is 0 Å². The molecule has 4 nitrogen and oxygen atoms in total. The smallest absolute Gasteiger partial charge is 0.261 e. The first kappa shape index (κ1) is 17.9. The van der Waals surface area contributed by atoms with Crippen LogP contribution in [0.1, 0.15) is 18.0 Å². The van der Waals surface area contributed by atoms with Gasteiger partial charge in [0.15, 0.2) is 11.5 Å². The van der Waals surface area contributed by atoms with Gasteiger partial charge >= 0.3 is 0 Å². The van der Waals surface area contributed by atoms with Crippen molar-refractivity contribution in [2.45, 2.75) is 18.9 Å². The molecule has 0 amide bonds. The van der Waals surface area contributed by atoms with Crippen LogP contribution in [0, 0.1) is 0 Å². The summed E-state index contributed by atoms with van der Waals surface area (Å²) in [6.45, 7) is -0.351. The number of hydrogen-bond acceptors (Lipinski definition) is 4. The molecule has 1 rings (SSSR count). The minimum absolute atomic E-state index is 0.130. The van der Waals surface area contributed by atoms with Crippen molar-refractivity contribution in [2.24, 2.45) is 0 Å². The zero-order chi connectivity index (χ0) is 15.8. The van der Waals surface area contributed by atoms with Gasteiger partial charge in [0, 0.05) is 23.7 Å². The Kier molecular flexibility index (Phi) is 7.71. The summed E-state index contributed by atoms with van der Waals surface area (Å²) >= 11 is 6.24. The van der Waals surface area contributed by atoms with E-state index in [1.807, 2.05) is 0 Å². The number of ether oxygens (including phenoxy) is 3. The van der Waals surface area contributed by atoms with Gasteiger partial charge in [-0.05, 0) is 25.1 Å². The minimum Gasteiger partial charge on any atom is -0.493 e. The Morgan fingerprint density at radius 2 is 1.81 bits per heavy atom. The Morgan fingerprint density at radius 3 is 2.33 bits per heavy atom. The second-order valence-corrected chi connectivity index (χ2v) is 4.73. The lowest BCUT2D eigenvalue weighted by Gasteiger charge is -2.20. The summed E-state index contributed by atoms with van der Waals surface area (Å²) in [5, 5.41) is 3.60. The molecule has 0 heterocycles. The van der Waals surface area contributed by atoms with Crippen molar-refractivity contribution < 1.29 is 23.0 Å². The van der Waals surface area contributed by atoms with Gasteiger partial charge in [-0.3, -0.25) is 0 Å². The van der Waals surface area contributed by atoms with E-state index in [2.05, 4.69) is 5.32 Å². The first-order valence-electron chi connectivity index (χ1n) is 6.48. The molecule has 1 N–H and O–H groups in total. The molecule has 120 valence electrons. The fourth-order valence-corrected chi connectivity index (χ4v) is 2.25. The maximum absolute atomic E-state index is 12.0. The van der Waals surface area contributed by atoms with Gasteiger partial charge in [-0.2, -0.15) is 0 Å². The normalized spacial score (nSPS) is 12.5. The van der Waals surface area contributed by atoms with E-state index in [1.54, 1.807) is 19.2 Å². The standard InChI is InChI=1S/C14H20ClF2NO3/c1-18-11(4-5-21-8-14(16)17)9-6-12(19-2)13(20-3)7-10(9)15/h6-7,11,14,18H,4-5,8H2,1-3H3. The van der Waals surface area contributed by atoms with E-state index < -0.39 is 13.0 Å². The summed E-state index contributed by atoms with van der Waals surface area (Å²) in [5.41, 5.74) is 0.803. The van der Waals surface area contributed by atoms with Crippen molar-refractivity contribution in [1.29, 1.82) is 0 Å². The molecule has 21 heavy (non-hydrogen) atoms. The van der Waals surface area contributed by atoms with Gasteiger partial charge in [0.2, 0.25) is 0 Å². The van der Waals surface area contributed by atoms with E-state index in [4.69, 9.17) is 25.8 Å². The zero-order valence-electron chi connectivity index (χ0n) is 12.3. The number of nitrogens with one attached hydrogen (secondary N) is 1. The van der Waals surface area contributed by atoms with Crippen LogP contribution in [0.25, 0.3) is 0 Å². The molecule has 0 aliphatic rings. The molecule has 1 aromatic rings. The average Bonchev–Trinajstić information content (AvgIpc) is 2.47. The molecule has 0 saturated heterocycles. The van der Waals surface area contributed by atoms with E-state index in [-0.39, 0.29) is 12.6 Å². The predicted molar refractivity (Wildman–Crippen MR) is 77.8 cm³/mol. The van der Waals surface area contributed by atoms with Crippen LogP contribution in [0.15, 0.2) is 12.1 Å². The van der Waals surface area contributed by atoms with Gasteiger partial charge in [0.05, 0.1) is 14.2 Å². The van der Waals surface area contributed by atoms with Crippen LogP contribution in [-0.2, 0) is 4.74 Å². The van der Waals surface area contributed by atoms with Crippen LogP contribution in [0.5, 0.6) is 11.5 Å². The average molecular weight is 324 g/mol. The fraction of sp³-hybridized carbons (Fsp3) is 0.571. The molecular formula is C14H20ClF2NO3. The van der Waals surface area contributed by atoms with E-state index in [9.17, 15) is 8.78 Å². The molecule has 0 aliphatic carbocycles. The summed E-state index contributed by atoms with van der Waals surface area (Å²) in [5.74, 6) is 1.10. The molecule has 0 aliphatic heterocycles. The molecule has 1 unspecified atom stereocenters. The van der Waals surface area contributed by atoms with E-state index in [0.29, 0.717) is 22.9 Å². The van der Waals surface area contributed by atoms with Crippen LogP contribution in [0.3, 0.4) is 0 Å². The van der Waals surface area contributed by atoms with Crippen LogP contribution >= 0.6 is 11.6 Å². The second-order valence-electron chi connectivity index (χ2n) is 4.32. The quantitative estimate of drug-likeness (QED) is 0.708. The molecule has 0 bridgehead atoms. The highest BCUT2D eigenvalue weighted by Crippen LogP contribution is 2.36. The van der Waals surface area contributed by atoms with Gasteiger partial charge in [0.1, 0.15) is 6.61 Å². The van der Waals surface area contributed by atoms with Gasteiger partial charge < -0.3 is 19.5 Å². The molecular weight excluding hydrogens is 304 g/mol. The van der Waals surface area contributed by atoms with Crippen LogP contribution in [-0.4, -0.2) is 40.9 Å². The lowest BCUT2D eigenvalue weighted by Crippen LogP contribution is -2.19. The number of halogens is 3. The van der Waals surface area contributed by atoms with Gasteiger partial charge in [0.25, 0.3) is 6.43 Å². The lowest BCUT2D eigenvalue weighted by molar-refractivity contribution is 0.0145. The first-order valence-corrected chi connectivity index (χ1v) is 6.85. The summed E-state index contributed by atoms with van der Waals surface area (Å²) in [7, 11) is 4.84. The van der Waals surface area contributed by atoms with Crippen molar-refractivity contribution in [1.82, 2.24) is 5.32 Å². The van der Waals surface area contributed by atoms with Gasteiger partial charge in [-0.15, -0.1) is 0 Å². The van der Waals surface area contributed by atoms with Crippen LogP contribution in [0.4, 0.5) is 8.78 Å². The predicted octanol–water partition coefficient (Wildman–Crippen LogP) is 3.29. The SMILES string of the molecule is CNC(CCOCC(F)F)c1cc(OC)c(OC)cc1Cl. The highest BCUT2D eigenvalue weighted by Gasteiger charge is 2.17. The number of hydrogen-bond donors (Lipinski definition) is 1. The van der Waals surface area contributed by atoms with E-state index in [0.717, 1.165) is 5.56 Å². The molecule has 0 fully saturated rings. The third kappa shape index (κ3) is 5.30. The monoisotopic (exact) mass is 323 g/mol. The molecule has 1 atom stereocenters. The maximum Gasteiger partial charge on any atom is 0.261 e. The molecule has 7 heteroatoms. The van der Waals surface area contributed by atoms with E-state index in [1.165, 1.54) is 14.2 Å². The second kappa shape index (κ2) is 9.02. The third-order valence-electron chi connectivity index (χ3n) is 3.02. The topological polar surface area (TPSA) is 39.7 Å². The van der Waals surface area contributed by atoms with Crippen LogP contribution in [0.2, 0.25) is 5.02 Å². The summed E-state index contributed by atoms with van der Waals surface area (Å²) in [6, 6.07) is 3.31. The Hall–Kier alpha value is -1.11. The third-order valence-corrected chi connectivity index (χ3v) is 3.35. The first-order chi connectivity index (χ1) is 10.0. The molecule has 0 saturated carbocycles.